The van der Waals surface area contributed by atoms with E-state index in [0.29, 0.717) is 0 Å². The third-order valence-corrected chi connectivity index (χ3v) is 0.821. The van der Waals surface area contributed by atoms with Gasteiger partial charge >= 0.3 is 6.80 Å². The normalized spacial score (nSPS) is 19.8. The van der Waals surface area contributed by atoms with Crippen LogP contribution in [0.15, 0.2) is 0 Å². The fourth-order valence-electron chi connectivity index (χ4n) is 0. The number of nitrogens with one attached hydrogen (secondary N) is 1. The van der Waals surface area contributed by atoms with Crippen LogP contribution in [0.5, 0.6) is 0 Å². The van der Waals surface area contributed by atoms with Crippen molar-refractivity contribution in [2.75, 3.05) is 0 Å². The maximum Gasteiger partial charge on any atom is 0.309 e. The van der Waals surface area contributed by atoms with Gasteiger partial charge in [0.2, 0.25) is 0 Å². The van der Waals surface area contributed by atoms with Crippen molar-refractivity contribution < 1.29 is 4.57 Å². The van der Waals surface area contributed by atoms with E-state index in [9.17, 15) is 4.57 Å². The molecule has 0 aliphatic rings. The number of hydrazine groups is 1. The molecule has 0 rings (SSSR count). The van der Waals surface area contributed by atoms with E-state index in [1.54, 1.807) is 5.20 Å². The smallest absolute Gasteiger partial charge is 0.270 e. The highest BCUT2D eigenvalue weighted by atomic mass is 35.7. The maximum absolute atomic E-state index is 9.89. The summed E-state index contributed by atoms with van der Waals surface area (Å²) in [7, 11) is 0. The van der Waals surface area contributed by atoms with Gasteiger partial charge in [-0.05, 0) is 11.2 Å². The molecule has 5 N–H and O–H groups in total. The van der Waals surface area contributed by atoms with Crippen molar-refractivity contribution in [1.82, 2.24) is 5.20 Å². The molecule has 0 bridgehead atoms. The van der Waals surface area contributed by atoms with Crippen LogP contribution in [-0.2, 0) is 4.57 Å². The van der Waals surface area contributed by atoms with E-state index >= 15 is 0 Å². The van der Waals surface area contributed by atoms with Gasteiger partial charge in [-0.15, -0.1) is 0 Å². The summed E-state index contributed by atoms with van der Waals surface area (Å²) < 4.78 is 9.89. The van der Waals surface area contributed by atoms with Gasteiger partial charge in [0.15, 0.2) is 0 Å². The lowest BCUT2D eigenvalue weighted by Crippen LogP contribution is -2.19. The minimum atomic E-state index is -3.15. The molecule has 0 aliphatic carbocycles. The zero-order valence-corrected chi connectivity index (χ0v) is 4.54. The molecule has 0 fully saturated rings. The standard InChI is InChI=1S/ClH5N3OP/c1-6(3,5)4-2/h2H2,(H3,3,4,5). The van der Waals surface area contributed by atoms with Crippen LogP contribution in [0.1, 0.15) is 0 Å². The van der Waals surface area contributed by atoms with E-state index in [0.717, 1.165) is 0 Å². The second kappa shape index (κ2) is 1.91. The molecule has 0 aromatic rings. The Morgan fingerprint density at radius 1 is 1.83 bits per heavy atom. The van der Waals surface area contributed by atoms with Gasteiger partial charge in [-0.2, -0.15) is 5.20 Å². The van der Waals surface area contributed by atoms with Crippen molar-refractivity contribution in [3.05, 3.63) is 0 Å². The van der Waals surface area contributed by atoms with E-state index in [2.05, 4.69) is 11.3 Å². The molecule has 6 heteroatoms. The molecule has 0 radical (unpaired) electrons. The van der Waals surface area contributed by atoms with Crippen LogP contribution in [-0.4, -0.2) is 0 Å². The zero-order chi connectivity index (χ0) is 5.21. The van der Waals surface area contributed by atoms with Crippen LogP contribution in [0.2, 0.25) is 0 Å². The summed E-state index contributed by atoms with van der Waals surface area (Å²) in [6, 6.07) is 0. The summed E-state index contributed by atoms with van der Waals surface area (Å²) in [5.74, 6) is 4.54. The average Bonchev–Trinajstić information content (AvgIpc) is 1.35. The maximum atomic E-state index is 9.89. The average molecular weight is 129 g/mol. The van der Waals surface area contributed by atoms with Crippen molar-refractivity contribution in [3.63, 3.8) is 0 Å². The van der Waals surface area contributed by atoms with E-state index in [1.165, 1.54) is 0 Å². The SMILES string of the molecule is NNP(N)(=O)Cl. The summed E-state index contributed by atoms with van der Waals surface area (Å²) in [4.78, 5) is 0. The van der Waals surface area contributed by atoms with E-state index in [4.69, 9.17) is 11.2 Å². The van der Waals surface area contributed by atoms with Crippen LogP contribution in [0.3, 0.4) is 0 Å². The fraction of sp³-hybridized carbons (Fsp3) is 0. The van der Waals surface area contributed by atoms with Gasteiger partial charge in [-0.25, -0.2) is 0 Å². The number of halogens is 1. The van der Waals surface area contributed by atoms with Gasteiger partial charge in [0, 0.05) is 0 Å². The van der Waals surface area contributed by atoms with Crippen molar-refractivity contribution >= 4 is 18.0 Å². The largest absolute Gasteiger partial charge is 0.309 e. The van der Waals surface area contributed by atoms with Gasteiger partial charge in [0.1, 0.15) is 0 Å². The molecule has 1 atom stereocenters. The first-order valence-electron chi connectivity index (χ1n) is 1.12. The lowest BCUT2D eigenvalue weighted by molar-refractivity contribution is 0.577. The topological polar surface area (TPSA) is 81.1 Å². The van der Waals surface area contributed by atoms with Gasteiger partial charge in [0.05, 0.1) is 0 Å². The Kier molecular flexibility index (Phi) is 2.04. The zero-order valence-electron chi connectivity index (χ0n) is 2.89. The number of hydrogen-bond acceptors (Lipinski definition) is 2. The molecule has 0 amide bonds. The Morgan fingerprint density at radius 2 is 2.00 bits per heavy atom. The Hall–Kier alpha value is 0.400. The number of hydrogen-bond donors (Lipinski definition) is 3. The van der Waals surface area contributed by atoms with Crippen LogP contribution in [0, 0.1) is 0 Å². The molecular weight excluding hydrogens is 124 g/mol. The lowest BCUT2D eigenvalue weighted by atomic mass is 13.0. The van der Waals surface area contributed by atoms with E-state index in [-0.39, 0.29) is 0 Å². The van der Waals surface area contributed by atoms with Gasteiger partial charge in [-0.1, -0.05) is 0 Å². The van der Waals surface area contributed by atoms with Gasteiger partial charge in [0.25, 0.3) is 0 Å². The highest BCUT2D eigenvalue weighted by Crippen LogP contribution is 2.34. The highest BCUT2D eigenvalue weighted by Gasteiger charge is 2.02. The summed E-state index contributed by atoms with van der Waals surface area (Å²) in [5, 5.41) is 1.70. The summed E-state index contributed by atoms with van der Waals surface area (Å²) in [5.41, 5.74) is 4.62. The minimum Gasteiger partial charge on any atom is -0.270 e. The predicted molar refractivity (Wildman–Crippen MR) is 25.0 cm³/mol. The van der Waals surface area contributed by atoms with Crippen LogP contribution >= 0.6 is 18.0 Å². The van der Waals surface area contributed by atoms with Crippen molar-refractivity contribution in [3.8, 4) is 0 Å². The predicted octanol–water partition coefficient (Wildman–Crippen LogP) is -0.245. The Labute approximate surface area is 40.1 Å². The first-order chi connectivity index (χ1) is 2.56. The third kappa shape index (κ3) is 4.40. The molecule has 38 valence electrons. The number of rotatable bonds is 1. The summed E-state index contributed by atoms with van der Waals surface area (Å²) in [6.45, 7) is -3.15. The molecule has 6 heavy (non-hydrogen) atoms. The summed E-state index contributed by atoms with van der Waals surface area (Å²) >= 11 is 4.81. The van der Waals surface area contributed by atoms with E-state index in [1.807, 2.05) is 0 Å². The quantitative estimate of drug-likeness (QED) is 0.259. The lowest BCUT2D eigenvalue weighted by Gasteiger charge is -1.95. The fourth-order valence-corrected chi connectivity index (χ4v) is 0. The second-order valence-corrected chi connectivity index (χ2v) is 3.62. The Balaban J connectivity index is 3.48. The van der Waals surface area contributed by atoms with E-state index < -0.39 is 6.80 Å². The molecule has 0 heterocycles. The second-order valence-electron chi connectivity index (χ2n) is 0.706. The molecule has 0 saturated heterocycles. The molecule has 0 aliphatic heterocycles. The van der Waals surface area contributed by atoms with Crippen LogP contribution in [0.4, 0.5) is 0 Å². The van der Waals surface area contributed by atoms with Crippen molar-refractivity contribution in [2.45, 2.75) is 0 Å². The highest BCUT2D eigenvalue weighted by molar-refractivity contribution is 7.85. The third-order valence-electron chi connectivity index (χ3n) is 0.176. The molecule has 0 spiro atoms. The molecule has 4 nitrogen and oxygen atoms in total. The molecule has 1 unspecified atom stereocenters. The summed E-state index contributed by atoms with van der Waals surface area (Å²) in [6.07, 6.45) is 0. The van der Waals surface area contributed by atoms with Gasteiger partial charge < -0.3 is 0 Å². The molecule has 0 aromatic heterocycles. The molecular formula is H5ClN3OP. The number of nitrogens with two attached hydrogens (primary N) is 2. The Bertz CT molecular complexity index is 74.9. The van der Waals surface area contributed by atoms with Crippen LogP contribution in [0.25, 0.3) is 0 Å². The monoisotopic (exact) mass is 129 g/mol. The van der Waals surface area contributed by atoms with Crippen LogP contribution < -0.4 is 16.5 Å². The van der Waals surface area contributed by atoms with Gasteiger partial charge in [-0.3, -0.25) is 15.9 Å². The van der Waals surface area contributed by atoms with Crippen molar-refractivity contribution in [1.29, 1.82) is 0 Å². The Morgan fingerprint density at radius 3 is 2.00 bits per heavy atom. The first kappa shape index (κ1) is 6.40. The van der Waals surface area contributed by atoms with Crippen molar-refractivity contribution in [2.24, 2.45) is 11.3 Å². The first-order valence-corrected chi connectivity index (χ1v) is 3.80. The molecule has 0 aromatic carbocycles. The molecule has 0 saturated carbocycles. The minimum absolute atomic E-state index is 1.70.